The molecule has 0 radical (unpaired) electrons. The van der Waals surface area contributed by atoms with E-state index in [-0.39, 0.29) is 0 Å². The molecule has 74 valence electrons. The number of rotatable bonds is 1. The predicted molar refractivity (Wildman–Crippen MR) is 55.5 cm³/mol. The number of nitrogens with zero attached hydrogens (tertiary/aromatic N) is 2. The molecule has 0 N–H and O–H groups in total. The van der Waals surface area contributed by atoms with E-state index in [2.05, 4.69) is 37.3 Å². The normalized spacial score (nSPS) is 45.3. The molecule has 2 atom stereocenters. The minimum atomic E-state index is 0.468. The van der Waals surface area contributed by atoms with Crippen LogP contribution >= 0.6 is 0 Å². The summed E-state index contributed by atoms with van der Waals surface area (Å²) in [4.78, 5) is 4.83. The van der Waals surface area contributed by atoms with E-state index in [4.69, 9.17) is 0 Å². The number of hydrogen-bond donors (Lipinski definition) is 0. The summed E-state index contributed by atoms with van der Waals surface area (Å²) in [5, 5.41) is 0. The molecule has 2 nitrogen and oxygen atoms in total. The summed E-state index contributed by atoms with van der Waals surface area (Å²) in [6.07, 6.45) is 1.99. The Kier molecular flexibility index (Phi) is 1.75. The van der Waals surface area contributed by atoms with Crippen LogP contribution in [0.1, 0.15) is 13.8 Å². The molecule has 2 rings (SSSR count). The molecule has 0 aromatic carbocycles. The highest BCUT2D eigenvalue weighted by atomic mass is 15.2. The van der Waals surface area contributed by atoms with Crippen molar-refractivity contribution in [1.29, 1.82) is 0 Å². The Balaban J connectivity index is 2.25. The first-order chi connectivity index (χ1) is 5.99. The maximum atomic E-state index is 3.86. The highest BCUT2D eigenvalue weighted by molar-refractivity contribution is 5.10. The van der Waals surface area contributed by atoms with Crippen molar-refractivity contribution in [2.45, 2.75) is 13.8 Å². The first-order valence-corrected chi connectivity index (χ1v) is 5.04. The van der Waals surface area contributed by atoms with E-state index >= 15 is 0 Å². The molecule has 0 spiro atoms. The molecule has 0 aliphatic carbocycles. The average Bonchev–Trinajstić information content (AvgIpc) is 2.33. The van der Waals surface area contributed by atoms with Crippen molar-refractivity contribution in [2.75, 3.05) is 33.2 Å². The number of likely N-dealkylation sites (tertiary alicyclic amines) is 2. The number of fused-ring (bicyclic) bond motifs is 1. The zero-order chi connectivity index (χ0) is 9.69. The highest BCUT2D eigenvalue weighted by Gasteiger charge is 2.55. The van der Waals surface area contributed by atoms with Gasteiger partial charge in [-0.1, -0.05) is 20.4 Å². The maximum absolute atomic E-state index is 3.86. The molecule has 2 fully saturated rings. The van der Waals surface area contributed by atoms with E-state index in [1.54, 1.807) is 0 Å². The van der Waals surface area contributed by atoms with E-state index in [1.165, 1.54) is 26.2 Å². The third-order valence-corrected chi connectivity index (χ3v) is 4.06. The van der Waals surface area contributed by atoms with E-state index in [0.29, 0.717) is 10.8 Å². The monoisotopic (exact) mass is 180 g/mol. The second kappa shape index (κ2) is 2.50. The van der Waals surface area contributed by atoms with Gasteiger partial charge < -0.3 is 9.80 Å². The van der Waals surface area contributed by atoms with Gasteiger partial charge in [-0.2, -0.15) is 0 Å². The van der Waals surface area contributed by atoms with E-state index in [9.17, 15) is 0 Å². The zero-order valence-electron chi connectivity index (χ0n) is 9.01. The lowest BCUT2D eigenvalue weighted by molar-refractivity contribution is 0.212. The fraction of sp³-hybridized carbons (Fsp3) is 0.818. The van der Waals surface area contributed by atoms with E-state index < -0.39 is 0 Å². The topological polar surface area (TPSA) is 6.48 Å². The van der Waals surface area contributed by atoms with Gasteiger partial charge in [0.15, 0.2) is 0 Å². The molecule has 0 saturated carbocycles. The second-order valence-electron chi connectivity index (χ2n) is 5.38. The molecule has 0 aromatic rings. The van der Waals surface area contributed by atoms with Crippen LogP contribution in [0.15, 0.2) is 12.8 Å². The van der Waals surface area contributed by atoms with Crippen LogP contribution in [0, 0.1) is 10.8 Å². The van der Waals surface area contributed by atoms with Gasteiger partial charge in [-0.3, -0.25) is 0 Å². The quantitative estimate of drug-likeness (QED) is 0.602. The summed E-state index contributed by atoms with van der Waals surface area (Å²) in [5.41, 5.74) is 0.936. The van der Waals surface area contributed by atoms with Gasteiger partial charge in [0.25, 0.3) is 0 Å². The standard InChI is InChI=1S/C11H20N2/c1-5-13-8-10(2)6-12(4)7-11(10,3)9-13/h5H,1,6-9H2,2-4H3/t10-,11+. The minimum Gasteiger partial charge on any atom is -0.377 e. The van der Waals surface area contributed by atoms with Gasteiger partial charge in [0.1, 0.15) is 0 Å². The first kappa shape index (κ1) is 9.07. The van der Waals surface area contributed by atoms with E-state index in [1.807, 2.05) is 6.20 Å². The number of hydrogen-bond acceptors (Lipinski definition) is 2. The lowest BCUT2D eigenvalue weighted by Crippen LogP contribution is -2.34. The van der Waals surface area contributed by atoms with Gasteiger partial charge in [-0.05, 0) is 13.2 Å². The van der Waals surface area contributed by atoms with Crippen molar-refractivity contribution in [3.8, 4) is 0 Å². The summed E-state index contributed by atoms with van der Waals surface area (Å²) in [5.74, 6) is 0. The fourth-order valence-corrected chi connectivity index (χ4v) is 3.19. The van der Waals surface area contributed by atoms with Crippen LogP contribution in [0.5, 0.6) is 0 Å². The van der Waals surface area contributed by atoms with Gasteiger partial charge in [-0.25, -0.2) is 0 Å². The van der Waals surface area contributed by atoms with Crippen LogP contribution in [-0.4, -0.2) is 43.0 Å². The van der Waals surface area contributed by atoms with Crippen molar-refractivity contribution in [3.63, 3.8) is 0 Å². The molecule has 0 amide bonds. The third kappa shape index (κ3) is 1.12. The van der Waals surface area contributed by atoms with Crippen LogP contribution in [0.25, 0.3) is 0 Å². The Morgan fingerprint density at radius 1 is 1.08 bits per heavy atom. The smallest absolute Gasteiger partial charge is 0.0245 e. The Morgan fingerprint density at radius 2 is 1.54 bits per heavy atom. The minimum absolute atomic E-state index is 0.468. The summed E-state index contributed by atoms with van der Waals surface area (Å²) in [7, 11) is 2.23. The largest absolute Gasteiger partial charge is 0.377 e. The Morgan fingerprint density at radius 3 is 1.92 bits per heavy atom. The van der Waals surface area contributed by atoms with Crippen molar-refractivity contribution < 1.29 is 0 Å². The van der Waals surface area contributed by atoms with Gasteiger partial charge >= 0.3 is 0 Å². The molecule has 0 aromatic heterocycles. The molecule has 2 saturated heterocycles. The van der Waals surface area contributed by atoms with Gasteiger partial charge in [0.05, 0.1) is 0 Å². The molecule has 0 bridgehead atoms. The van der Waals surface area contributed by atoms with Gasteiger partial charge in [0, 0.05) is 37.0 Å². The SMILES string of the molecule is C=CN1C[C@]2(C)CN(C)C[C@]2(C)C1. The summed E-state index contributed by atoms with van der Waals surface area (Å²) >= 11 is 0. The summed E-state index contributed by atoms with van der Waals surface area (Å²) in [6, 6.07) is 0. The van der Waals surface area contributed by atoms with Crippen molar-refractivity contribution >= 4 is 0 Å². The first-order valence-electron chi connectivity index (χ1n) is 5.04. The Labute approximate surface area is 81.2 Å². The zero-order valence-corrected chi connectivity index (χ0v) is 9.01. The molecule has 2 aliphatic rings. The molecule has 13 heavy (non-hydrogen) atoms. The summed E-state index contributed by atoms with van der Waals surface area (Å²) in [6.45, 7) is 13.5. The molecule has 0 unspecified atom stereocenters. The Hall–Kier alpha value is -0.500. The lowest BCUT2D eigenvalue weighted by Gasteiger charge is -2.30. The fourth-order valence-electron chi connectivity index (χ4n) is 3.19. The van der Waals surface area contributed by atoms with Crippen LogP contribution in [-0.2, 0) is 0 Å². The molecule has 2 heteroatoms. The molecule has 2 aliphatic heterocycles. The molecular formula is C11H20N2. The average molecular weight is 180 g/mol. The Bertz CT molecular complexity index is 218. The second-order valence-corrected chi connectivity index (χ2v) is 5.38. The van der Waals surface area contributed by atoms with Gasteiger partial charge in [-0.15, -0.1) is 0 Å². The van der Waals surface area contributed by atoms with Gasteiger partial charge in [0.2, 0.25) is 0 Å². The maximum Gasteiger partial charge on any atom is 0.0245 e. The predicted octanol–water partition coefficient (Wildman–Crippen LogP) is 1.40. The lowest BCUT2D eigenvalue weighted by atomic mass is 9.71. The van der Waals surface area contributed by atoms with Crippen molar-refractivity contribution in [3.05, 3.63) is 12.8 Å². The van der Waals surface area contributed by atoms with Crippen molar-refractivity contribution in [1.82, 2.24) is 9.80 Å². The van der Waals surface area contributed by atoms with Crippen LogP contribution in [0.4, 0.5) is 0 Å². The van der Waals surface area contributed by atoms with Crippen LogP contribution < -0.4 is 0 Å². The van der Waals surface area contributed by atoms with Crippen molar-refractivity contribution in [2.24, 2.45) is 10.8 Å². The molecular weight excluding hydrogens is 160 g/mol. The van der Waals surface area contributed by atoms with Crippen LogP contribution in [0.3, 0.4) is 0 Å². The summed E-state index contributed by atoms with van der Waals surface area (Å²) < 4.78 is 0. The van der Waals surface area contributed by atoms with Crippen LogP contribution in [0.2, 0.25) is 0 Å². The van der Waals surface area contributed by atoms with E-state index in [0.717, 1.165) is 0 Å². The molecule has 2 heterocycles. The highest BCUT2D eigenvalue weighted by Crippen LogP contribution is 2.50. The third-order valence-electron chi connectivity index (χ3n) is 4.06.